The number of nitrogens with zero attached hydrogens (tertiary/aromatic N) is 3. The van der Waals surface area contributed by atoms with Crippen molar-refractivity contribution in [2.45, 2.75) is 31.1 Å². The van der Waals surface area contributed by atoms with Crippen LogP contribution in [0.4, 0.5) is 0 Å². The average molecular weight is 426 g/mol. The van der Waals surface area contributed by atoms with Gasteiger partial charge in [-0.1, -0.05) is 6.07 Å². The molecule has 2 aromatic rings. The lowest BCUT2D eigenvalue weighted by molar-refractivity contribution is 0.188. The van der Waals surface area contributed by atoms with Crippen LogP contribution in [-0.2, 0) is 34.1 Å². The Morgan fingerprint density at radius 2 is 1.86 bits per heavy atom. The van der Waals surface area contributed by atoms with E-state index in [0.29, 0.717) is 31.2 Å². The van der Waals surface area contributed by atoms with Crippen LogP contribution in [0.25, 0.3) is 0 Å². The number of benzene rings is 1. The van der Waals surface area contributed by atoms with E-state index < -0.39 is 9.84 Å². The third-order valence-corrected chi connectivity index (χ3v) is 5.61. The molecule has 9 heteroatoms. The first kappa shape index (κ1) is 23.2. The molecule has 0 amide bonds. The van der Waals surface area contributed by atoms with E-state index in [1.54, 1.807) is 32.1 Å². The van der Waals surface area contributed by atoms with E-state index in [-0.39, 0.29) is 5.16 Å². The maximum Gasteiger partial charge on any atom is 0.227 e. The van der Waals surface area contributed by atoms with Crippen molar-refractivity contribution in [3.8, 4) is 11.5 Å². The summed E-state index contributed by atoms with van der Waals surface area (Å²) >= 11 is 0. The minimum Gasteiger partial charge on any atom is -0.493 e. The molecule has 2 rings (SSSR count). The van der Waals surface area contributed by atoms with E-state index in [1.165, 1.54) is 6.26 Å². The van der Waals surface area contributed by atoms with E-state index in [1.807, 2.05) is 25.2 Å². The van der Waals surface area contributed by atoms with Crippen molar-refractivity contribution in [2.24, 2.45) is 0 Å². The summed E-state index contributed by atoms with van der Waals surface area (Å²) in [5.41, 5.74) is 2.01. The first-order valence-corrected chi connectivity index (χ1v) is 11.3. The van der Waals surface area contributed by atoms with Crippen LogP contribution in [0.3, 0.4) is 0 Å². The van der Waals surface area contributed by atoms with Crippen LogP contribution in [0, 0.1) is 0 Å². The quantitative estimate of drug-likeness (QED) is 0.481. The number of imidazole rings is 1. The standard InChI is InChI=1S/C20H31N3O5S/c1-22(11-9-16-7-8-18(27-3)19(13-16)28-4)15-17-14-21-20(29(5,24)25)23(17)10-6-12-26-2/h7-8,13-14H,6,9-12,15H2,1-5H3. The molecule has 0 aliphatic heterocycles. The number of ether oxygens (including phenoxy) is 3. The van der Waals surface area contributed by atoms with Gasteiger partial charge in [0, 0.05) is 39.6 Å². The molecule has 0 saturated heterocycles. The highest BCUT2D eigenvalue weighted by molar-refractivity contribution is 7.90. The molecule has 0 atom stereocenters. The zero-order valence-corrected chi connectivity index (χ0v) is 18.7. The fourth-order valence-corrected chi connectivity index (χ4v) is 3.99. The summed E-state index contributed by atoms with van der Waals surface area (Å²) in [6.45, 7) is 2.51. The van der Waals surface area contributed by atoms with E-state index in [0.717, 1.165) is 30.6 Å². The molecule has 162 valence electrons. The van der Waals surface area contributed by atoms with E-state index in [4.69, 9.17) is 14.2 Å². The van der Waals surface area contributed by atoms with Crippen LogP contribution < -0.4 is 9.47 Å². The molecule has 0 spiro atoms. The second-order valence-electron chi connectivity index (χ2n) is 6.98. The second kappa shape index (κ2) is 10.6. The molecular formula is C20H31N3O5S. The number of aromatic nitrogens is 2. The van der Waals surface area contributed by atoms with Gasteiger partial charge in [0.05, 0.1) is 26.1 Å². The molecular weight excluding hydrogens is 394 g/mol. The van der Waals surface area contributed by atoms with Crippen molar-refractivity contribution in [2.75, 3.05) is 47.8 Å². The van der Waals surface area contributed by atoms with E-state index in [9.17, 15) is 8.42 Å². The molecule has 0 N–H and O–H groups in total. The Morgan fingerprint density at radius 3 is 2.48 bits per heavy atom. The Balaban J connectivity index is 2.06. The Labute approximate surface area is 173 Å². The van der Waals surface area contributed by atoms with Crippen LogP contribution in [0.15, 0.2) is 29.6 Å². The van der Waals surface area contributed by atoms with Gasteiger partial charge in [-0.2, -0.15) is 0 Å². The van der Waals surface area contributed by atoms with Gasteiger partial charge in [-0.15, -0.1) is 0 Å². The van der Waals surface area contributed by atoms with Crippen LogP contribution in [0.1, 0.15) is 17.7 Å². The lowest BCUT2D eigenvalue weighted by Crippen LogP contribution is -2.23. The zero-order chi connectivity index (χ0) is 21.4. The highest BCUT2D eigenvalue weighted by Crippen LogP contribution is 2.27. The molecule has 0 radical (unpaired) electrons. The number of sulfone groups is 1. The molecule has 0 bridgehead atoms. The van der Waals surface area contributed by atoms with Crippen LogP contribution >= 0.6 is 0 Å². The minimum absolute atomic E-state index is 0.108. The number of hydrogen-bond acceptors (Lipinski definition) is 7. The van der Waals surface area contributed by atoms with Crippen LogP contribution in [0.5, 0.6) is 11.5 Å². The van der Waals surface area contributed by atoms with Crippen molar-refractivity contribution < 1.29 is 22.6 Å². The number of rotatable bonds is 12. The Hall–Kier alpha value is -2.10. The van der Waals surface area contributed by atoms with Crippen LogP contribution in [-0.4, -0.2) is 70.7 Å². The number of hydrogen-bond donors (Lipinski definition) is 0. The van der Waals surface area contributed by atoms with Crippen molar-refractivity contribution in [1.29, 1.82) is 0 Å². The van der Waals surface area contributed by atoms with E-state index >= 15 is 0 Å². The normalized spacial score (nSPS) is 11.8. The van der Waals surface area contributed by atoms with E-state index in [2.05, 4.69) is 9.88 Å². The molecule has 1 aromatic heterocycles. The predicted octanol–water partition coefficient (Wildman–Crippen LogP) is 2.01. The number of likely N-dealkylation sites (N-methyl/N-ethyl adjacent to an activating group) is 1. The molecule has 1 aromatic carbocycles. The molecule has 29 heavy (non-hydrogen) atoms. The van der Waals surface area contributed by atoms with Gasteiger partial charge in [0.15, 0.2) is 11.5 Å². The lowest BCUT2D eigenvalue weighted by atomic mass is 10.1. The van der Waals surface area contributed by atoms with Gasteiger partial charge in [0.25, 0.3) is 0 Å². The van der Waals surface area contributed by atoms with Crippen molar-refractivity contribution >= 4 is 9.84 Å². The third-order valence-electron chi connectivity index (χ3n) is 4.63. The molecule has 0 aliphatic rings. The van der Waals surface area contributed by atoms with Gasteiger partial charge in [-0.3, -0.25) is 0 Å². The first-order chi connectivity index (χ1) is 13.8. The summed E-state index contributed by atoms with van der Waals surface area (Å²) in [5.74, 6) is 1.42. The summed E-state index contributed by atoms with van der Waals surface area (Å²) in [7, 11) is 3.49. The molecule has 0 fully saturated rings. The fourth-order valence-electron chi connectivity index (χ4n) is 3.13. The number of methoxy groups -OCH3 is 3. The largest absolute Gasteiger partial charge is 0.493 e. The van der Waals surface area contributed by atoms with Gasteiger partial charge >= 0.3 is 0 Å². The molecule has 0 saturated carbocycles. The summed E-state index contributed by atoms with van der Waals surface area (Å²) in [4.78, 5) is 6.30. The summed E-state index contributed by atoms with van der Waals surface area (Å²) in [6.07, 6.45) is 4.38. The highest BCUT2D eigenvalue weighted by atomic mass is 32.2. The topological polar surface area (TPSA) is 82.9 Å². The highest BCUT2D eigenvalue weighted by Gasteiger charge is 2.19. The predicted molar refractivity (Wildman–Crippen MR) is 111 cm³/mol. The van der Waals surface area contributed by atoms with Crippen molar-refractivity contribution in [3.05, 3.63) is 35.7 Å². The second-order valence-corrected chi connectivity index (χ2v) is 8.89. The minimum atomic E-state index is -3.39. The van der Waals surface area contributed by atoms with Gasteiger partial charge in [0.2, 0.25) is 15.0 Å². The maximum absolute atomic E-state index is 12.1. The SMILES string of the molecule is COCCCn1c(CN(C)CCc2ccc(OC)c(OC)c2)cnc1S(C)(=O)=O. The monoisotopic (exact) mass is 425 g/mol. The Bertz CT molecular complexity index is 896. The molecule has 0 unspecified atom stereocenters. The fraction of sp³-hybridized carbons (Fsp3) is 0.550. The summed E-state index contributed by atoms with van der Waals surface area (Å²) in [5, 5.41) is 0.108. The molecule has 8 nitrogen and oxygen atoms in total. The Morgan fingerprint density at radius 1 is 1.14 bits per heavy atom. The third kappa shape index (κ3) is 6.45. The van der Waals surface area contributed by atoms with Crippen LogP contribution in [0.2, 0.25) is 0 Å². The Kier molecular flexibility index (Phi) is 8.48. The zero-order valence-electron chi connectivity index (χ0n) is 17.8. The van der Waals surface area contributed by atoms with Gasteiger partial charge in [0.1, 0.15) is 0 Å². The lowest BCUT2D eigenvalue weighted by Gasteiger charge is -2.19. The molecule has 1 heterocycles. The van der Waals surface area contributed by atoms with Gasteiger partial charge in [-0.25, -0.2) is 13.4 Å². The van der Waals surface area contributed by atoms with Crippen molar-refractivity contribution in [1.82, 2.24) is 14.5 Å². The van der Waals surface area contributed by atoms with Gasteiger partial charge in [-0.05, 0) is 37.6 Å². The summed E-state index contributed by atoms with van der Waals surface area (Å²) in [6, 6.07) is 5.90. The molecule has 0 aliphatic carbocycles. The summed E-state index contributed by atoms with van der Waals surface area (Å²) < 4.78 is 41.6. The average Bonchev–Trinajstić information content (AvgIpc) is 3.09. The first-order valence-electron chi connectivity index (χ1n) is 9.43. The van der Waals surface area contributed by atoms with Crippen molar-refractivity contribution in [3.63, 3.8) is 0 Å². The van der Waals surface area contributed by atoms with Gasteiger partial charge < -0.3 is 23.7 Å². The maximum atomic E-state index is 12.1. The smallest absolute Gasteiger partial charge is 0.227 e.